The first kappa shape index (κ1) is 14.3. The van der Waals surface area contributed by atoms with Gasteiger partial charge in [0.05, 0.1) is 0 Å². The van der Waals surface area contributed by atoms with Gasteiger partial charge < -0.3 is 0 Å². The van der Waals surface area contributed by atoms with Crippen LogP contribution in [-0.4, -0.2) is 23.2 Å². The highest BCUT2D eigenvalue weighted by molar-refractivity contribution is 7.80. The average molecular weight is 249 g/mol. The highest BCUT2D eigenvalue weighted by atomic mass is 32.1. The molecule has 0 N–H and O–H groups in total. The smallest absolute Gasteiger partial charge is 0.0239 e. The lowest BCUT2D eigenvalue weighted by Gasteiger charge is -2.27. The summed E-state index contributed by atoms with van der Waals surface area (Å²) in [5.74, 6) is 0.819. The second kappa shape index (κ2) is 8.37. The van der Waals surface area contributed by atoms with Crippen molar-refractivity contribution < 1.29 is 0 Å². The molecule has 94 valence electrons. The summed E-state index contributed by atoms with van der Waals surface area (Å²) < 4.78 is 0. The first-order chi connectivity index (χ1) is 8.27. The van der Waals surface area contributed by atoms with Crippen molar-refractivity contribution in [3.05, 3.63) is 48.0 Å². The van der Waals surface area contributed by atoms with E-state index in [1.807, 2.05) is 0 Å². The molecule has 0 fully saturated rings. The number of benzene rings is 1. The second-order valence-electron chi connectivity index (χ2n) is 4.33. The molecule has 1 aromatic rings. The fourth-order valence-electron chi connectivity index (χ4n) is 1.76. The monoisotopic (exact) mass is 249 g/mol. The summed E-state index contributed by atoms with van der Waals surface area (Å²) in [5.41, 5.74) is 1.38. The van der Waals surface area contributed by atoms with Crippen LogP contribution in [0, 0.1) is 0 Å². The van der Waals surface area contributed by atoms with Crippen LogP contribution in [0.2, 0.25) is 0 Å². The van der Waals surface area contributed by atoms with E-state index < -0.39 is 0 Å². The zero-order valence-electron chi connectivity index (χ0n) is 10.8. The lowest BCUT2D eigenvalue weighted by molar-refractivity contribution is 0.217. The van der Waals surface area contributed by atoms with Crippen molar-refractivity contribution >= 4 is 12.6 Å². The van der Waals surface area contributed by atoms with Crippen molar-refractivity contribution in [2.45, 2.75) is 32.9 Å². The summed E-state index contributed by atoms with van der Waals surface area (Å²) in [4.78, 5) is 2.50. The molecule has 1 nitrogen and oxygen atoms in total. The summed E-state index contributed by atoms with van der Waals surface area (Å²) >= 11 is 4.19. The van der Waals surface area contributed by atoms with Crippen LogP contribution < -0.4 is 0 Å². The Hall–Kier alpha value is -0.730. The molecular weight excluding hydrogens is 226 g/mol. The van der Waals surface area contributed by atoms with Gasteiger partial charge >= 0.3 is 0 Å². The molecule has 0 aromatic heterocycles. The van der Waals surface area contributed by atoms with Crippen molar-refractivity contribution in [3.63, 3.8) is 0 Å². The fourth-order valence-corrected chi connectivity index (χ4v) is 1.91. The van der Waals surface area contributed by atoms with Crippen LogP contribution in [0.3, 0.4) is 0 Å². The minimum atomic E-state index is 0.611. The third kappa shape index (κ3) is 5.42. The summed E-state index contributed by atoms with van der Waals surface area (Å²) in [6.07, 6.45) is 5.51. The van der Waals surface area contributed by atoms with Crippen molar-refractivity contribution in [2.75, 3.05) is 12.3 Å². The molecule has 1 rings (SSSR count). The maximum Gasteiger partial charge on any atom is 0.0239 e. The van der Waals surface area contributed by atoms with E-state index in [4.69, 9.17) is 0 Å². The Morgan fingerprint density at radius 1 is 1.24 bits per heavy atom. The van der Waals surface area contributed by atoms with E-state index in [1.54, 1.807) is 0 Å². The van der Waals surface area contributed by atoms with E-state index in [-0.39, 0.29) is 0 Å². The lowest BCUT2D eigenvalue weighted by Crippen LogP contribution is -2.32. The van der Waals surface area contributed by atoms with E-state index in [1.165, 1.54) is 12.0 Å². The molecule has 1 unspecified atom stereocenters. The fraction of sp³-hybridized carbons (Fsp3) is 0.467. The Morgan fingerprint density at radius 2 is 1.94 bits per heavy atom. The van der Waals surface area contributed by atoms with Gasteiger partial charge in [-0.15, -0.1) is 0 Å². The third-order valence-electron chi connectivity index (χ3n) is 3.05. The molecule has 0 bridgehead atoms. The van der Waals surface area contributed by atoms with Crippen LogP contribution >= 0.6 is 12.6 Å². The van der Waals surface area contributed by atoms with Crippen molar-refractivity contribution in [3.8, 4) is 0 Å². The molecule has 0 radical (unpaired) electrons. The normalized spacial score (nSPS) is 13.4. The number of hydrogen-bond donors (Lipinski definition) is 1. The molecule has 0 heterocycles. The third-order valence-corrected chi connectivity index (χ3v) is 3.27. The van der Waals surface area contributed by atoms with E-state index in [2.05, 4.69) is 73.9 Å². The van der Waals surface area contributed by atoms with Gasteiger partial charge in [0.1, 0.15) is 0 Å². The Morgan fingerprint density at radius 3 is 2.53 bits per heavy atom. The van der Waals surface area contributed by atoms with E-state index in [0.717, 1.165) is 18.8 Å². The topological polar surface area (TPSA) is 3.24 Å². The van der Waals surface area contributed by atoms with Gasteiger partial charge in [0.25, 0.3) is 0 Å². The Balaban J connectivity index is 2.60. The predicted octanol–water partition coefficient (Wildman–Crippen LogP) is 3.77. The molecule has 0 saturated carbocycles. The van der Waals surface area contributed by atoms with Gasteiger partial charge in [-0.3, -0.25) is 4.90 Å². The van der Waals surface area contributed by atoms with Crippen LogP contribution in [0.25, 0.3) is 0 Å². The SMILES string of the molecule is CCC(C)N(C/C=C/CS)Cc1ccccc1. The van der Waals surface area contributed by atoms with E-state index >= 15 is 0 Å². The molecule has 17 heavy (non-hydrogen) atoms. The van der Waals surface area contributed by atoms with Crippen LogP contribution in [0.1, 0.15) is 25.8 Å². The molecule has 1 aromatic carbocycles. The molecule has 1 atom stereocenters. The number of thiol groups is 1. The van der Waals surface area contributed by atoms with Gasteiger partial charge in [0.2, 0.25) is 0 Å². The minimum Gasteiger partial charge on any atom is -0.293 e. The second-order valence-corrected chi connectivity index (χ2v) is 4.69. The predicted molar refractivity (Wildman–Crippen MR) is 79.6 cm³/mol. The lowest BCUT2D eigenvalue weighted by atomic mass is 10.1. The number of rotatable bonds is 7. The summed E-state index contributed by atoms with van der Waals surface area (Å²) in [5, 5.41) is 0. The summed E-state index contributed by atoms with van der Waals surface area (Å²) in [6.45, 7) is 6.56. The molecule has 0 amide bonds. The van der Waals surface area contributed by atoms with Gasteiger partial charge in [0.15, 0.2) is 0 Å². The van der Waals surface area contributed by atoms with Gasteiger partial charge in [-0.05, 0) is 18.9 Å². The molecule has 0 spiro atoms. The zero-order valence-corrected chi connectivity index (χ0v) is 11.7. The molecule has 0 saturated heterocycles. The van der Waals surface area contributed by atoms with Crippen molar-refractivity contribution in [2.24, 2.45) is 0 Å². The molecule has 0 aliphatic heterocycles. The summed E-state index contributed by atoms with van der Waals surface area (Å²) in [6, 6.07) is 11.3. The van der Waals surface area contributed by atoms with Gasteiger partial charge in [-0.1, -0.05) is 49.4 Å². The number of nitrogens with zero attached hydrogens (tertiary/aromatic N) is 1. The molecule has 2 heteroatoms. The highest BCUT2D eigenvalue weighted by Crippen LogP contribution is 2.10. The molecular formula is C15H23NS. The summed E-state index contributed by atoms with van der Waals surface area (Å²) in [7, 11) is 0. The first-order valence-corrected chi connectivity index (χ1v) is 6.95. The maximum absolute atomic E-state index is 4.19. The number of hydrogen-bond acceptors (Lipinski definition) is 2. The van der Waals surface area contributed by atoms with Crippen LogP contribution in [0.5, 0.6) is 0 Å². The Kier molecular flexibility index (Phi) is 7.06. The van der Waals surface area contributed by atoms with Crippen LogP contribution in [0.15, 0.2) is 42.5 Å². The van der Waals surface area contributed by atoms with Crippen LogP contribution in [-0.2, 0) is 6.54 Å². The van der Waals surface area contributed by atoms with Gasteiger partial charge in [-0.25, -0.2) is 0 Å². The Labute approximate surface area is 111 Å². The molecule has 0 aliphatic carbocycles. The standard InChI is InChI=1S/C15H23NS/c1-3-14(2)16(11-7-8-12-17)13-15-9-5-4-6-10-15/h4-10,14,17H,3,11-13H2,1-2H3/b8-7+. The molecule has 0 aliphatic rings. The highest BCUT2D eigenvalue weighted by Gasteiger charge is 2.10. The quantitative estimate of drug-likeness (QED) is 0.568. The zero-order chi connectivity index (χ0) is 12.5. The largest absolute Gasteiger partial charge is 0.293 e. The van der Waals surface area contributed by atoms with Gasteiger partial charge in [0, 0.05) is 24.9 Å². The minimum absolute atomic E-state index is 0.611. The average Bonchev–Trinajstić information content (AvgIpc) is 2.38. The van der Waals surface area contributed by atoms with Crippen molar-refractivity contribution in [1.82, 2.24) is 4.90 Å². The van der Waals surface area contributed by atoms with E-state index in [9.17, 15) is 0 Å². The first-order valence-electron chi connectivity index (χ1n) is 6.31. The van der Waals surface area contributed by atoms with E-state index in [0.29, 0.717) is 6.04 Å². The maximum atomic E-state index is 4.19. The van der Waals surface area contributed by atoms with Gasteiger partial charge in [-0.2, -0.15) is 12.6 Å². The Bertz CT molecular complexity index is 321. The van der Waals surface area contributed by atoms with Crippen molar-refractivity contribution in [1.29, 1.82) is 0 Å². The van der Waals surface area contributed by atoms with Crippen LogP contribution in [0.4, 0.5) is 0 Å².